The standard InChI is InChI=1S/C17H15F2N5OS/c18-11-1-3-24(9-11)16(25)14-15-13(2-4-26-15)22-17(23-14)21-7-10-5-12(19)8-20-6-10/h2,4-6,8,11H,1,3,7,9H2,(H,21,22,23)/t11-/m1/s1. The lowest BCUT2D eigenvalue weighted by Gasteiger charge is -2.15. The van der Waals surface area contributed by atoms with Crippen molar-refractivity contribution in [2.45, 2.75) is 19.1 Å². The van der Waals surface area contributed by atoms with E-state index in [4.69, 9.17) is 0 Å². The summed E-state index contributed by atoms with van der Waals surface area (Å²) in [6.45, 7) is 0.742. The van der Waals surface area contributed by atoms with Crippen molar-refractivity contribution in [1.82, 2.24) is 19.9 Å². The molecule has 0 radical (unpaired) electrons. The van der Waals surface area contributed by atoms with Crippen LogP contribution < -0.4 is 5.32 Å². The van der Waals surface area contributed by atoms with Crippen LogP contribution >= 0.6 is 11.3 Å². The molecule has 1 atom stereocenters. The Balaban J connectivity index is 1.61. The van der Waals surface area contributed by atoms with Crippen molar-refractivity contribution in [2.75, 3.05) is 18.4 Å². The molecule has 0 bridgehead atoms. The smallest absolute Gasteiger partial charge is 0.274 e. The fourth-order valence-corrected chi connectivity index (χ4v) is 3.69. The molecule has 0 aromatic carbocycles. The number of carbonyl (C=O) groups is 1. The van der Waals surface area contributed by atoms with Crippen molar-refractivity contribution in [2.24, 2.45) is 0 Å². The molecule has 1 saturated heterocycles. The average molecular weight is 375 g/mol. The Bertz CT molecular complexity index is 963. The molecule has 1 aliphatic heterocycles. The third kappa shape index (κ3) is 3.34. The molecule has 3 aromatic heterocycles. The minimum atomic E-state index is -0.988. The van der Waals surface area contributed by atoms with E-state index < -0.39 is 12.0 Å². The summed E-state index contributed by atoms with van der Waals surface area (Å²) < 4.78 is 27.4. The summed E-state index contributed by atoms with van der Waals surface area (Å²) in [5, 5.41) is 4.83. The zero-order valence-corrected chi connectivity index (χ0v) is 14.5. The maximum atomic E-state index is 13.5. The van der Waals surface area contributed by atoms with Crippen LogP contribution in [0.4, 0.5) is 14.7 Å². The molecule has 9 heteroatoms. The second-order valence-corrected chi connectivity index (χ2v) is 6.95. The van der Waals surface area contributed by atoms with Crippen LogP contribution in [0.5, 0.6) is 0 Å². The summed E-state index contributed by atoms with van der Waals surface area (Å²) in [5.74, 6) is -0.459. The highest BCUT2D eigenvalue weighted by Gasteiger charge is 2.29. The molecule has 1 fully saturated rings. The molecule has 6 nitrogen and oxygen atoms in total. The number of nitrogens with one attached hydrogen (secondary N) is 1. The van der Waals surface area contributed by atoms with Crippen molar-refractivity contribution < 1.29 is 13.6 Å². The maximum Gasteiger partial charge on any atom is 0.274 e. The number of nitrogens with zero attached hydrogens (tertiary/aromatic N) is 4. The van der Waals surface area contributed by atoms with Crippen molar-refractivity contribution >= 4 is 33.4 Å². The summed E-state index contributed by atoms with van der Waals surface area (Å²) in [6.07, 6.45) is 2.03. The minimum absolute atomic E-state index is 0.0907. The fraction of sp³-hybridized carbons (Fsp3) is 0.294. The topological polar surface area (TPSA) is 71.0 Å². The Morgan fingerprint density at radius 2 is 2.27 bits per heavy atom. The number of hydrogen-bond donors (Lipinski definition) is 1. The van der Waals surface area contributed by atoms with Gasteiger partial charge in [-0.2, -0.15) is 0 Å². The average Bonchev–Trinajstić information content (AvgIpc) is 3.27. The number of amides is 1. The number of fused-ring (bicyclic) bond motifs is 1. The molecule has 1 N–H and O–H groups in total. The van der Waals surface area contributed by atoms with Crippen LogP contribution in [0.3, 0.4) is 0 Å². The van der Waals surface area contributed by atoms with Crippen molar-refractivity contribution in [3.8, 4) is 0 Å². The summed E-state index contributed by atoms with van der Waals surface area (Å²) in [5.41, 5.74) is 1.54. The number of alkyl halides is 1. The van der Waals surface area contributed by atoms with E-state index in [1.807, 2.05) is 5.38 Å². The van der Waals surface area contributed by atoms with Gasteiger partial charge in [-0.3, -0.25) is 9.78 Å². The first kappa shape index (κ1) is 16.8. The Hall–Kier alpha value is -2.68. The Kier molecular flexibility index (Phi) is 4.46. The Morgan fingerprint density at radius 1 is 1.38 bits per heavy atom. The third-order valence-electron chi connectivity index (χ3n) is 4.14. The van der Waals surface area contributed by atoms with E-state index in [1.165, 1.54) is 28.5 Å². The van der Waals surface area contributed by atoms with Crippen LogP contribution in [-0.2, 0) is 6.54 Å². The van der Waals surface area contributed by atoms with Gasteiger partial charge in [0.15, 0.2) is 5.69 Å². The molecule has 3 aromatic rings. The van der Waals surface area contributed by atoms with Gasteiger partial charge in [0.25, 0.3) is 5.91 Å². The molecule has 1 aliphatic rings. The molecule has 4 heterocycles. The van der Waals surface area contributed by atoms with E-state index in [-0.39, 0.29) is 30.6 Å². The Labute approximate surface area is 151 Å². The predicted octanol–water partition coefficient (Wildman–Crippen LogP) is 3.02. The number of hydrogen-bond acceptors (Lipinski definition) is 6. The summed E-state index contributed by atoms with van der Waals surface area (Å²) >= 11 is 1.37. The summed E-state index contributed by atoms with van der Waals surface area (Å²) in [7, 11) is 0. The first-order chi connectivity index (χ1) is 12.6. The molecule has 0 spiro atoms. The molecule has 1 amide bonds. The van der Waals surface area contributed by atoms with Crippen molar-refractivity contribution in [1.29, 1.82) is 0 Å². The van der Waals surface area contributed by atoms with Gasteiger partial charge in [0.2, 0.25) is 5.95 Å². The second-order valence-electron chi connectivity index (χ2n) is 6.03. The minimum Gasteiger partial charge on any atom is -0.350 e. The van der Waals surface area contributed by atoms with Crippen molar-refractivity contribution in [3.05, 3.63) is 47.0 Å². The number of aromatic nitrogens is 3. The van der Waals surface area contributed by atoms with Crippen LogP contribution in [-0.4, -0.2) is 45.0 Å². The highest BCUT2D eigenvalue weighted by Crippen LogP contribution is 2.26. The van der Waals surface area contributed by atoms with Gasteiger partial charge in [-0.1, -0.05) is 0 Å². The van der Waals surface area contributed by atoms with Crippen molar-refractivity contribution in [3.63, 3.8) is 0 Å². The highest BCUT2D eigenvalue weighted by molar-refractivity contribution is 7.17. The van der Waals surface area contributed by atoms with Gasteiger partial charge < -0.3 is 10.2 Å². The molecule has 134 valence electrons. The molecule has 4 rings (SSSR count). The lowest BCUT2D eigenvalue weighted by molar-refractivity contribution is 0.0779. The largest absolute Gasteiger partial charge is 0.350 e. The van der Waals surface area contributed by atoms with Gasteiger partial charge in [-0.05, 0) is 29.5 Å². The first-order valence-electron chi connectivity index (χ1n) is 8.12. The SMILES string of the molecule is O=C(c1nc(NCc2cncc(F)c2)nc2ccsc12)N1CC[C@@H](F)C1. The number of carbonyl (C=O) groups excluding carboxylic acids is 1. The number of likely N-dealkylation sites (tertiary alicyclic amines) is 1. The van der Waals surface area contributed by atoms with E-state index >= 15 is 0 Å². The lowest BCUT2D eigenvalue weighted by atomic mass is 10.3. The third-order valence-corrected chi connectivity index (χ3v) is 5.05. The molecular formula is C17H15F2N5OS. The predicted molar refractivity (Wildman–Crippen MR) is 94.4 cm³/mol. The van der Waals surface area contributed by atoms with Crippen LogP contribution in [0.1, 0.15) is 22.5 Å². The number of pyridine rings is 1. The second kappa shape index (κ2) is 6.91. The van der Waals surface area contributed by atoms with Gasteiger partial charge in [0.05, 0.1) is 23.0 Å². The van der Waals surface area contributed by atoms with Gasteiger partial charge in [0.1, 0.15) is 12.0 Å². The van der Waals surface area contributed by atoms with E-state index in [1.54, 1.807) is 6.07 Å². The molecule has 0 unspecified atom stereocenters. The van der Waals surface area contributed by atoms with Gasteiger partial charge in [0, 0.05) is 19.3 Å². The molecule has 0 saturated carbocycles. The van der Waals surface area contributed by atoms with Crippen LogP contribution in [0.25, 0.3) is 10.2 Å². The Morgan fingerprint density at radius 3 is 3.04 bits per heavy atom. The summed E-state index contributed by atoms with van der Waals surface area (Å²) in [4.78, 5) is 26.8. The van der Waals surface area contributed by atoms with E-state index in [0.717, 1.165) is 6.20 Å². The van der Waals surface area contributed by atoms with Gasteiger partial charge in [-0.15, -0.1) is 11.3 Å². The van der Waals surface area contributed by atoms with E-state index in [0.29, 0.717) is 28.7 Å². The monoisotopic (exact) mass is 375 g/mol. The number of anilines is 1. The van der Waals surface area contributed by atoms with Gasteiger partial charge >= 0.3 is 0 Å². The molecule has 26 heavy (non-hydrogen) atoms. The molecule has 0 aliphatic carbocycles. The van der Waals surface area contributed by atoms with Gasteiger partial charge in [-0.25, -0.2) is 18.7 Å². The number of halogens is 2. The van der Waals surface area contributed by atoms with Crippen LogP contribution in [0.15, 0.2) is 29.9 Å². The zero-order valence-electron chi connectivity index (χ0n) is 13.7. The number of rotatable bonds is 4. The quantitative estimate of drug-likeness (QED) is 0.759. The van der Waals surface area contributed by atoms with E-state index in [2.05, 4.69) is 20.3 Å². The van der Waals surface area contributed by atoms with Crippen LogP contribution in [0.2, 0.25) is 0 Å². The highest BCUT2D eigenvalue weighted by atomic mass is 32.1. The lowest BCUT2D eigenvalue weighted by Crippen LogP contribution is -2.30. The first-order valence-corrected chi connectivity index (χ1v) is 9.00. The number of thiophene rings is 1. The normalized spacial score (nSPS) is 17.0. The summed E-state index contributed by atoms with van der Waals surface area (Å²) in [6, 6.07) is 3.16. The van der Waals surface area contributed by atoms with Crippen LogP contribution in [0, 0.1) is 5.82 Å². The molecular weight excluding hydrogens is 360 g/mol. The fourth-order valence-electron chi connectivity index (χ4n) is 2.87. The van der Waals surface area contributed by atoms with E-state index in [9.17, 15) is 13.6 Å². The maximum absolute atomic E-state index is 13.5. The zero-order chi connectivity index (χ0) is 18.1.